The molecule has 0 spiro atoms. The summed E-state index contributed by atoms with van der Waals surface area (Å²) in [5.74, 6) is 0.798. The number of hydrogen-bond acceptors (Lipinski definition) is 7. The number of aliphatic hydroxyl groups excluding tert-OH is 1. The highest BCUT2D eigenvalue weighted by Crippen LogP contribution is 2.36. The van der Waals surface area contributed by atoms with Gasteiger partial charge in [0.25, 0.3) is 0 Å². The molecule has 2 aromatic rings. The average Bonchev–Trinajstić information content (AvgIpc) is 2.92. The number of aliphatic hydroxyl groups is 1. The third kappa shape index (κ3) is 3.10. The zero-order valence-electron chi connectivity index (χ0n) is 14.3. The monoisotopic (exact) mass is 349 g/mol. The lowest BCUT2D eigenvalue weighted by molar-refractivity contribution is 0.0531. The van der Waals surface area contributed by atoms with E-state index >= 15 is 0 Å². The molecule has 1 aliphatic rings. The normalized spacial score (nSPS) is 19.5. The van der Waals surface area contributed by atoms with Crippen LogP contribution in [0.3, 0.4) is 0 Å². The third-order valence-electron chi connectivity index (χ3n) is 4.61. The molecule has 0 amide bonds. The Hall–Kier alpha value is -1.73. The summed E-state index contributed by atoms with van der Waals surface area (Å²) < 4.78 is 5.15. The molecule has 0 aromatic carbocycles. The van der Waals surface area contributed by atoms with Gasteiger partial charge in [-0.15, -0.1) is 11.3 Å². The molecule has 1 saturated heterocycles. The van der Waals surface area contributed by atoms with Gasteiger partial charge in [-0.1, -0.05) is 0 Å². The van der Waals surface area contributed by atoms with Crippen molar-refractivity contribution < 1.29 is 14.6 Å². The van der Waals surface area contributed by atoms with Crippen molar-refractivity contribution in [3.05, 3.63) is 16.8 Å². The van der Waals surface area contributed by atoms with Crippen LogP contribution in [0.2, 0.25) is 0 Å². The fourth-order valence-electron chi connectivity index (χ4n) is 3.28. The van der Waals surface area contributed by atoms with Gasteiger partial charge >= 0.3 is 5.97 Å². The standard InChI is InChI=1S/C17H23N3O3S/c1-4-23-17(22)14-10(2)13-15(18-9-19-16(13)24-14)20-7-5-6-12(8-20)11(3)21/h9,11-12,21H,4-8H2,1-3H3. The molecule has 3 heterocycles. The predicted molar refractivity (Wildman–Crippen MR) is 94.7 cm³/mol. The van der Waals surface area contributed by atoms with Gasteiger partial charge in [0.1, 0.15) is 21.9 Å². The Balaban J connectivity index is 2.01. The van der Waals surface area contributed by atoms with Crippen molar-refractivity contribution in [3.8, 4) is 0 Å². The van der Waals surface area contributed by atoms with E-state index in [0.29, 0.717) is 11.5 Å². The number of thiophene rings is 1. The van der Waals surface area contributed by atoms with Crippen LogP contribution in [0, 0.1) is 12.8 Å². The fraction of sp³-hybridized carbons (Fsp3) is 0.588. The van der Waals surface area contributed by atoms with Crippen molar-refractivity contribution in [2.75, 3.05) is 24.6 Å². The number of nitrogens with zero attached hydrogens (tertiary/aromatic N) is 3. The van der Waals surface area contributed by atoms with Gasteiger partial charge in [0.05, 0.1) is 18.1 Å². The minimum atomic E-state index is -0.330. The molecule has 7 heteroatoms. The summed E-state index contributed by atoms with van der Waals surface area (Å²) in [6.45, 7) is 7.60. The first kappa shape index (κ1) is 17.1. The van der Waals surface area contributed by atoms with E-state index in [1.165, 1.54) is 11.3 Å². The number of anilines is 1. The van der Waals surface area contributed by atoms with Crippen molar-refractivity contribution in [1.29, 1.82) is 0 Å². The van der Waals surface area contributed by atoms with Crippen molar-refractivity contribution >= 4 is 33.3 Å². The Kier molecular flexibility index (Phi) is 5.01. The maximum atomic E-state index is 12.2. The van der Waals surface area contributed by atoms with E-state index in [-0.39, 0.29) is 18.0 Å². The van der Waals surface area contributed by atoms with Crippen LogP contribution in [0.15, 0.2) is 6.33 Å². The maximum absolute atomic E-state index is 12.2. The molecule has 2 unspecified atom stereocenters. The molecular formula is C17H23N3O3S. The van der Waals surface area contributed by atoms with Crippen molar-refractivity contribution in [1.82, 2.24) is 9.97 Å². The van der Waals surface area contributed by atoms with Gasteiger partial charge in [0, 0.05) is 19.0 Å². The number of esters is 1. The molecule has 3 rings (SSSR count). The average molecular weight is 349 g/mol. The molecule has 24 heavy (non-hydrogen) atoms. The molecule has 1 fully saturated rings. The third-order valence-corrected chi connectivity index (χ3v) is 5.79. The highest BCUT2D eigenvalue weighted by molar-refractivity contribution is 7.20. The van der Waals surface area contributed by atoms with Crippen LogP contribution in [0.4, 0.5) is 5.82 Å². The number of aromatic nitrogens is 2. The number of hydrogen-bond donors (Lipinski definition) is 1. The number of carbonyl (C=O) groups is 1. The van der Waals surface area contributed by atoms with Gasteiger partial charge in [0.15, 0.2) is 0 Å². The number of ether oxygens (including phenoxy) is 1. The smallest absolute Gasteiger partial charge is 0.348 e. The van der Waals surface area contributed by atoms with E-state index in [9.17, 15) is 9.90 Å². The second-order valence-electron chi connectivity index (χ2n) is 6.24. The molecule has 130 valence electrons. The zero-order chi connectivity index (χ0) is 17.3. The summed E-state index contributed by atoms with van der Waals surface area (Å²) in [7, 11) is 0. The van der Waals surface area contributed by atoms with E-state index in [1.54, 1.807) is 13.3 Å². The molecule has 0 aliphatic carbocycles. The van der Waals surface area contributed by atoms with E-state index in [1.807, 2.05) is 13.8 Å². The lowest BCUT2D eigenvalue weighted by Gasteiger charge is -2.35. The van der Waals surface area contributed by atoms with Gasteiger partial charge in [-0.3, -0.25) is 0 Å². The number of carbonyl (C=O) groups excluding carboxylic acids is 1. The molecule has 6 nitrogen and oxygen atoms in total. The van der Waals surface area contributed by atoms with E-state index < -0.39 is 0 Å². The summed E-state index contributed by atoms with van der Waals surface area (Å²) in [4.78, 5) is 24.6. The van der Waals surface area contributed by atoms with E-state index in [4.69, 9.17) is 4.74 Å². The SMILES string of the molecule is CCOC(=O)c1sc2ncnc(N3CCCC(C(C)O)C3)c2c1C. The van der Waals surface area contributed by atoms with Gasteiger partial charge in [-0.2, -0.15) is 0 Å². The van der Waals surface area contributed by atoms with Crippen molar-refractivity contribution in [2.24, 2.45) is 5.92 Å². The van der Waals surface area contributed by atoms with Gasteiger partial charge in [-0.05, 0) is 39.2 Å². The largest absolute Gasteiger partial charge is 0.462 e. The quantitative estimate of drug-likeness (QED) is 0.856. The van der Waals surface area contributed by atoms with Crippen molar-refractivity contribution in [3.63, 3.8) is 0 Å². The summed E-state index contributed by atoms with van der Waals surface area (Å²) >= 11 is 1.36. The van der Waals surface area contributed by atoms with Crippen LogP contribution in [0.1, 0.15) is 41.9 Å². The molecule has 0 radical (unpaired) electrons. The minimum Gasteiger partial charge on any atom is -0.462 e. The van der Waals surface area contributed by atoms with Gasteiger partial charge in [0.2, 0.25) is 0 Å². The lowest BCUT2D eigenvalue weighted by Crippen LogP contribution is -2.40. The molecule has 0 bridgehead atoms. The first-order valence-corrected chi connectivity index (χ1v) is 9.18. The van der Waals surface area contributed by atoms with Crippen LogP contribution in [0.25, 0.3) is 10.2 Å². The second-order valence-corrected chi connectivity index (χ2v) is 7.24. The maximum Gasteiger partial charge on any atom is 0.348 e. The molecular weight excluding hydrogens is 326 g/mol. The van der Waals surface area contributed by atoms with Crippen LogP contribution >= 0.6 is 11.3 Å². The Morgan fingerprint density at radius 1 is 1.54 bits per heavy atom. The first-order chi connectivity index (χ1) is 11.5. The topological polar surface area (TPSA) is 75.5 Å². The summed E-state index contributed by atoms with van der Waals surface area (Å²) in [6.07, 6.45) is 3.27. The van der Waals surface area contributed by atoms with Crippen LogP contribution in [-0.2, 0) is 4.74 Å². The number of aryl methyl sites for hydroxylation is 1. The zero-order valence-corrected chi connectivity index (χ0v) is 15.1. The lowest BCUT2D eigenvalue weighted by atomic mass is 9.93. The highest BCUT2D eigenvalue weighted by Gasteiger charge is 2.27. The Bertz CT molecular complexity index is 744. The Morgan fingerprint density at radius 3 is 3.04 bits per heavy atom. The Labute approximate surface area is 145 Å². The summed E-state index contributed by atoms with van der Waals surface area (Å²) in [5.41, 5.74) is 0.878. The van der Waals surface area contributed by atoms with E-state index in [2.05, 4.69) is 14.9 Å². The molecule has 1 N–H and O–H groups in total. The predicted octanol–water partition coefficient (Wildman–Crippen LogP) is 2.77. The molecule has 0 saturated carbocycles. The highest BCUT2D eigenvalue weighted by atomic mass is 32.1. The molecule has 2 aromatic heterocycles. The number of piperidine rings is 1. The number of fused-ring (bicyclic) bond motifs is 1. The molecule has 2 atom stereocenters. The van der Waals surface area contributed by atoms with E-state index in [0.717, 1.165) is 47.5 Å². The fourth-order valence-corrected chi connectivity index (χ4v) is 4.32. The minimum absolute atomic E-state index is 0.243. The molecule has 1 aliphatic heterocycles. The second kappa shape index (κ2) is 7.03. The van der Waals surface area contributed by atoms with Crippen molar-refractivity contribution in [2.45, 2.75) is 39.7 Å². The van der Waals surface area contributed by atoms with Gasteiger partial charge in [-0.25, -0.2) is 14.8 Å². The summed E-state index contributed by atoms with van der Waals surface area (Å²) in [5, 5.41) is 10.9. The first-order valence-electron chi connectivity index (χ1n) is 8.37. The van der Waals surface area contributed by atoms with Crippen LogP contribution < -0.4 is 4.90 Å². The number of rotatable bonds is 4. The van der Waals surface area contributed by atoms with Gasteiger partial charge < -0.3 is 14.7 Å². The Morgan fingerprint density at radius 2 is 2.33 bits per heavy atom. The summed E-state index contributed by atoms with van der Waals surface area (Å²) in [6, 6.07) is 0. The van der Waals surface area contributed by atoms with Crippen LogP contribution in [-0.4, -0.2) is 46.8 Å². The van der Waals surface area contributed by atoms with Crippen LogP contribution in [0.5, 0.6) is 0 Å².